The molecule has 47 heavy (non-hydrogen) atoms. The van der Waals surface area contributed by atoms with Gasteiger partial charge < -0.3 is 4.57 Å². The minimum Gasteiger partial charge on any atom is -0.308 e. The number of pyridine rings is 1. The van der Waals surface area contributed by atoms with Crippen molar-refractivity contribution in [3.8, 4) is 27.9 Å². The van der Waals surface area contributed by atoms with E-state index in [4.69, 9.17) is 0 Å². The number of fused-ring (bicyclic) bond motifs is 10. The summed E-state index contributed by atoms with van der Waals surface area (Å²) in [6.07, 6.45) is 3.85. The van der Waals surface area contributed by atoms with Crippen molar-refractivity contribution in [3.05, 3.63) is 170 Å². The molecule has 2 aromatic heterocycles. The minimum atomic E-state index is 1.10. The monoisotopic (exact) mass is 594 g/mol. The van der Waals surface area contributed by atoms with Gasteiger partial charge in [0.25, 0.3) is 0 Å². The van der Waals surface area contributed by atoms with Crippen LogP contribution in [-0.4, -0.2) is 9.55 Å². The molecule has 0 bridgehead atoms. The summed E-state index contributed by atoms with van der Waals surface area (Å²) in [5, 5.41) is 12.0. The summed E-state index contributed by atoms with van der Waals surface area (Å²) >= 11 is 0. The molecule has 10 aromatic rings. The van der Waals surface area contributed by atoms with Crippen LogP contribution in [0.15, 0.2) is 158 Å². The maximum absolute atomic E-state index is 4.53. The third-order valence-corrected chi connectivity index (χ3v) is 9.72. The Hall–Kier alpha value is -6.43. The van der Waals surface area contributed by atoms with Crippen LogP contribution in [-0.2, 0) is 0 Å². The lowest BCUT2D eigenvalue weighted by atomic mass is 9.89. The SMILES string of the molecule is c1ccc2c(c#1)c1cc(-c3ccccc3-c3cccc4c5ccccc5n(-c5cccc6ccncc56)c34)ccc1c1ccccc21. The summed E-state index contributed by atoms with van der Waals surface area (Å²) in [7, 11) is 0. The maximum atomic E-state index is 4.53. The van der Waals surface area contributed by atoms with Crippen molar-refractivity contribution >= 4 is 64.9 Å². The molecule has 0 unspecified atom stereocenters. The highest BCUT2D eigenvalue weighted by Gasteiger charge is 2.20. The Bertz CT molecular complexity index is 2820. The van der Waals surface area contributed by atoms with Gasteiger partial charge in [-0.25, -0.2) is 0 Å². The molecule has 0 saturated heterocycles. The van der Waals surface area contributed by atoms with Crippen LogP contribution in [0.2, 0.25) is 0 Å². The lowest BCUT2D eigenvalue weighted by molar-refractivity contribution is 1.19. The third-order valence-electron chi connectivity index (χ3n) is 9.72. The summed E-state index contributed by atoms with van der Waals surface area (Å²) in [6, 6.07) is 59.3. The van der Waals surface area contributed by atoms with E-state index >= 15 is 0 Å². The zero-order valence-corrected chi connectivity index (χ0v) is 25.4. The Morgan fingerprint density at radius 2 is 1.21 bits per heavy atom. The fraction of sp³-hybridized carbons (Fsp3) is 0. The molecular formula is C45H26N2. The molecule has 0 aliphatic rings. The smallest absolute Gasteiger partial charge is 0.0619 e. The lowest BCUT2D eigenvalue weighted by Gasteiger charge is -2.16. The summed E-state index contributed by atoms with van der Waals surface area (Å²) in [5.74, 6) is 0. The number of benzene rings is 7. The van der Waals surface area contributed by atoms with Gasteiger partial charge >= 0.3 is 0 Å². The maximum Gasteiger partial charge on any atom is 0.0619 e. The fourth-order valence-electron chi connectivity index (χ4n) is 7.68. The van der Waals surface area contributed by atoms with Crippen molar-refractivity contribution in [1.82, 2.24) is 9.55 Å². The van der Waals surface area contributed by atoms with Crippen LogP contribution in [0.5, 0.6) is 0 Å². The van der Waals surface area contributed by atoms with Gasteiger partial charge in [0.1, 0.15) is 0 Å². The average molecular weight is 595 g/mol. The topological polar surface area (TPSA) is 17.8 Å². The molecule has 0 amide bonds. The van der Waals surface area contributed by atoms with E-state index in [1.165, 1.54) is 76.4 Å². The molecule has 0 aliphatic heterocycles. The van der Waals surface area contributed by atoms with Gasteiger partial charge in [-0.3, -0.25) is 4.98 Å². The molecule has 8 aromatic carbocycles. The standard InChI is InChI=1S/C45H26N2/c1-2-13-32(31(12-1)30-23-24-37-35-16-4-3-14-33(35)34-15-5-6-17-36(34)41(37)27-30)39-19-10-20-40-38-18-7-8-21-43(38)47(45(39)40)44-22-9-11-29-25-26-46-28-42(29)44/h1-5,7-16,18-28H. The predicted octanol–water partition coefficient (Wildman–Crippen LogP) is 11.7. The van der Waals surface area contributed by atoms with Crippen LogP contribution in [0.1, 0.15) is 0 Å². The largest absolute Gasteiger partial charge is 0.308 e. The first kappa shape index (κ1) is 25.9. The highest BCUT2D eigenvalue weighted by atomic mass is 15.0. The number of aromatic nitrogens is 2. The highest BCUT2D eigenvalue weighted by molar-refractivity contribution is 6.25. The van der Waals surface area contributed by atoms with Gasteiger partial charge in [0, 0.05) is 39.5 Å². The second-order valence-electron chi connectivity index (χ2n) is 12.2. The quantitative estimate of drug-likeness (QED) is 0.186. The van der Waals surface area contributed by atoms with Crippen molar-refractivity contribution in [1.29, 1.82) is 0 Å². The van der Waals surface area contributed by atoms with E-state index in [1.807, 2.05) is 18.5 Å². The van der Waals surface area contributed by atoms with Gasteiger partial charge in [0.2, 0.25) is 0 Å². The Labute approximate surface area is 271 Å². The molecule has 0 atom stereocenters. The van der Waals surface area contributed by atoms with E-state index < -0.39 is 0 Å². The van der Waals surface area contributed by atoms with Gasteiger partial charge in [-0.15, -0.1) is 0 Å². The summed E-state index contributed by atoms with van der Waals surface area (Å²) in [4.78, 5) is 4.53. The van der Waals surface area contributed by atoms with E-state index in [0.717, 1.165) is 16.5 Å². The zero-order chi connectivity index (χ0) is 30.9. The summed E-state index contributed by atoms with van der Waals surface area (Å²) in [6.45, 7) is 0. The first-order valence-corrected chi connectivity index (χ1v) is 16.0. The Morgan fingerprint density at radius 1 is 0.489 bits per heavy atom. The molecule has 10 rings (SSSR count). The number of hydrogen-bond donors (Lipinski definition) is 0. The highest BCUT2D eigenvalue weighted by Crippen LogP contribution is 2.43. The number of nitrogens with zero attached hydrogens (tertiary/aromatic N) is 2. The van der Waals surface area contributed by atoms with E-state index in [1.54, 1.807) is 0 Å². The van der Waals surface area contributed by atoms with Crippen LogP contribution in [0.4, 0.5) is 0 Å². The van der Waals surface area contributed by atoms with Crippen molar-refractivity contribution in [2.75, 3.05) is 0 Å². The van der Waals surface area contributed by atoms with Crippen LogP contribution in [0.3, 0.4) is 0 Å². The second kappa shape index (κ2) is 10.0. The molecule has 0 fully saturated rings. The Morgan fingerprint density at radius 3 is 2.13 bits per heavy atom. The zero-order valence-electron chi connectivity index (χ0n) is 25.4. The fourth-order valence-corrected chi connectivity index (χ4v) is 7.68. The number of para-hydroxylation sites is 2. The minimum absolute atomic E-state index is 1.10. The molecule has 2 heterocycles. The van der Waals surface area contributed by atoms with Crippen molar-refractivity contribution < 1.29 is 0 Å². The van der Waals surface area contributed by atoms with Crippen molar-refractivity contribution in [2.45, 2.75) is 0 Å². The van der Waals surface area contributed by atoms with Gasteiger partial charge in [-0.1, -0.05) is 121 Å². The van der Waals surface area contributed by atoms with E-state index in [2.05, 4.69) is 161 Å². The van der Waals surface area contributed by atoms with Crippen LogP contribution < -0.4 is 0 Å². The molecule has 0 radical (unpaired) electrons. The number of hydrogen-bond acceptors (Lipinski definition) is 1. The van der Waals surface area contributed by atoms with E-state index in [-0.39, 0.29) is 0 Å². The normalized spacial score (nSPS) is 11.7. The Kier molecular flexibility index (Phi) is 5.52. The van der Waals surface area contributed by atoms with Crippen LogP contribution >= 0.6 is 0 Å². The van der Waals surface area contributed by atoms with Crippen LogP contribution in [0.25, 0.3) is 92.8 Å². The first-order chi connectivity index (χ1) is 23.3. The van der Waals surface area contributed by atoms with Gasteiger partial charge in [0.05, 0.1) is 16.7 Å². The lowest BCUT2D eigenvalue weighted by Crippen LogP contribution is -1.97. The van der Waals surface area contributed by atoms with Crippen LogP contribution in [0, 0.1) is 12.1 Å². The molecule has 0 saturated carbocycles. The molecule has 0 spiro atoms. The predicted molar refractivity (Wildman–Crippen MR) is 197 cm³/mol. The van der Waals surface area contributed by atoms with E-state index in [0.29, 0.717) is 0 Å². The van der Waals surface area contributed by atoms with Gasteiger partial charge in [0.15, 0.2) is 0 Å². The first-order valence-electron chi connectivity index (χ1n) is 16.0. The third kappa shape index (κ3) is 3.78. The average Bonchev–Trinajstić information content (AvgIpc) is 3.49. The molecule has 0 N–H and O–H groups in total. The molecule has 216 valence electrons. The molecule has 0 aliphatic carbocycles. The Balaban J connectivity index is 1.28. The molecule has 2 heteroatoms. The summed E-state index contributed by atoms with van der Waals surface area (Å²) < 4.78 is 2.44. The number of rotatable bonds is 3. The summed E-state index contributed by atoms with van der Waals surface area (Å²) in [5.41, 5.74) is 8.26. The van der Waals surface area contributed by atoms with E-state index in [9.17, 15) is 0 Å². The van der Waals surface area contributed by atoms with Gasteiger partial charge in [-0.2, -0.15) is 0 Å². The second-order valence-corrected chi connectivity index (χ2v) is 12.2. The molecular weight excluding hydrogens is 569 g/mol. The molecule has 2 nitrogen and oxygen atoms in total. The van der Waals surface area contributed by atoms with Gasteiger partial charge in [-0.05, 0) is 85.4 Å². The van der Waals surface area contributed by atoms with Crippen molar-refractivity contribution in [3.63, 3.8) is 0 Å². The van der Waals surface area contributed by atoms with Crippen molar-refractivity contribution in [2.24, 2.45) is 0 Å².